The number of benzene rings is 5. The van der Waals surface area contributed by atoms with E-state index in [1.807, 2.05) is 122 Å². The minimum Gasteiger partial charge on any atom is -0.491 e. The Morgan fingerprint density at radius 1 is 0.746 bits per heavy atom. The molecule has 7 nitrogen and oxygen atoms in total. The average molecular weight is 842 g/mol. The van der Waals surface area contributed by atoms with E-state index >= 15 is 4.39 Å². The van der Waals surface area contributed by atoms with Gasteiger partial charge in [0.1, 0.15) is 24.4 Å². The molecule has 0 saturated carbocycles. The molecular formula is C49H58ClFO7Si. The molecule has 59 heavy (non-hydrogen) atoms. The van der Waals surface area contributed by atoms with Crippen molar-refractivity contribution in [2.75, 3.05) is 20.3 Å². The fourth-order valence-electron chi connectivity index (χ4n) is 7.06. The van der Waals surface area contributed by atoms with Crippen LogP contribution in [-0.2, 0) is 54.4 Å². The molecule has 1 heterocycles. The zero-order valence-corrected chi connectivity index (χ0v) is 37.0. The average Bonchev–Trinajstić information content (AvgIpc) is 3.23. The minimum absolute atomic E-state index is 0.0504. The van der Waals surface area contributed by atoms with Gasteiger partial charge in [0.2, 0.25) is 5.79 Å². The van der Waals surface area contributed by atoms with Gasteiger partial charge < -0.3 is 32.8 Å². The molecule has 6 rings (SSSR count). The van der Waals surface area contributed by atoms with Crippen LogP contribution in [0.5, 0.6) is 5.75 Å². The van der Waals surface area contributed by atoms with Crippen LogP contribution in [0, 0.1) is 5.82 Å². The van der Waals surface area contributed by atoms with Crippen molar-refractivity contribution >= 4 is 19.9 Å². The molecule has 1 aliphatic heterocycles. The maximum absolute atomic E-state index is 15.1. The standard InChI is InChI=1S/C49H58ClFO7Si/c1-8-53-43-27-24-38(29-42(43)51)28-40-30-39(25-26-41(40)50)46-49(52-5,56-33-37-22-16-11-17-23-37)47(55-32-36-20-14-10-15-21-36)45(54-31-35-18-12-9-13-19-35)44(58-46)34-57-59(6,7)48(2,3)4/h9-27,29-30,44-47H,8,28,31-34H2,1-7H3. The van der Waals surface area contributed by atoms with Crippen LogP contribution in [-0.4, -0.2) is 52.7 Å². The van der Waals surface area contributed by atoms with Crippen molar-refractivity contribution in [2.45, 2.75) is 102 Å². The lowest BCUT2D eigenvalue weighted by Gasteiger charge is -2.53. The summed E-state index contributed by atoms with van der Waals surface area (Å²) in [5.74, 6) is -1.76. The zero-order chi connectivity index (χ0) is 42.0. The van der Waals surface area contributed by atoms with Gasteiger partial charge in [0.05, 0.1) is 33.0 Å². The van der Waals surface area contributed by atoms with E-state index in [4.69, 9.17) is 44.4 Å². The fourth-order valence-corrected chi connectivity index (χ4v) is 8.25. The molecule has 0 aliphatic carbocycles. The number of ether oxygens (including phenoxy) is 6. The normalized spacial score (nSPS) is 21.0. The Labute approximate surface area is 355 Å². The number of halogens is 2. The largest absolute Gasteiger partial charge is 0.491 e. The van der Waals surface area contributed by atoms with E-state index < -0.39 is 44.3 Å². The van der Waals surface area contributed by atoms with Gasteiger partial charge in [-0.2, -0.15) is 0 Å². The predicted molar refractivity (Wildman–Crippen MR) is 234 cm³/mol. The molecular weight excluding hydrogens is 783 g/mol. The van der Waals surface area contributed by atoms with Gasteiger partial charge in [0.15, 0.2) is 19.9 Å². The van der Waals surface area contributed by atoms with Gasteiger partial charge in [-0.15, -0.1) is 0 Å². The van der Waals surface area contributed by atoms with Crippen LogP contribution in [0.4, 0.5) is 4.39 Å². The van der Waals surface area contributed by atoms with Gasteiger partial charge in [-0.25, -0.2) is 4.39 Å². The molecule has 5 atom stereocenters. The molecule has 5 unspecified atom stereocenters. The molecule has 0 amide bonds. The van der Waals surface area contributed by atoms with Crippen molar-refractivity contribution in [2.24, 2.45) is 0 Å². The summed E-state index contributed by atoms with van der Waals surface area (Å²) in [4.78, 5) is 0. The Balaban J connectivity index is 1.47. The lowest BCUT2D eigenvalue weighted by atomic mass is 9.86. The molecule has 5 aromatic rings. The first-order valence-electron chi connectivity index (χ1n) is 20.4. The van der Waals surface area contributed by atoms with E-state index in [1.54, 1.807) is 13.2 Å². The van der Waals surface area contributed by atoms with Crippen LogP contribution in [0.15, 0.2) is 127 Å². The molecule has 0 spiro atoms. The van der Waals surface area contributed by atoms with Gasteiger partial charge in [-0.1, -0.05) is 142 Å². The molecule has 10 heteroatoms. The molecule has 1 aliphatic rings. The summed E-state index contributed by atoms with van der Waals surface area (Å²) in [5.41, 5.74) is 5.20. The highest BCUT2D eigenvalue weighted by Crippen LogP contribution is 2.48. The minimum atomic E-state index is -2.27. The summed E-state index contributed by atoms with van der Waals surface area (Å²) < 4.78 is 62.5. The first-order chi connectivity index (χ1) is 28.3. The highest BCUT2D eigenvalue weighted by atomic mass is 35.5. The lowest BCUT2D eigenvalue weighted by Crippen LogP contribution is -2.67. The van der Waals surface area contributed by atoms with Crippen molar-refractivity contribution in [1.82, 2.24) is 0 Å². The summed E-state index contributed by atoms with van der Waals surface area (Å²) in [5, 5.41) is 0.483. The van der Waals surface area contributed by atoms with E-state index in [-0.39, 0.29) is 30.6 Å². The van der Waals surface area contributed by atoms with Gasteiger partial charge >= 0.3 is 0 Å². The summed E-state index contributed by atoms with van der Waals surface area (Å²) in [7, 11) is -0.647. The zero-order valence-electron chi connectivity index (χ0n) is 35.3. The van der Waals surface area contributed by atoms with E-state index in [2.05, 4.69) is 33.9 Å². The van der Waals surface area contributed by atoms with Crippen LogP contribution < -0.4 is 4.74 Å². The van der Waals surface area contributed by atoms with Crippen LogP contribution >= 0.6 is 11.6 Å². The Morgan fingerprint density at radius 2 is 1.34 bits per heavy atom. The van der Waals surface area contributed by atoms with E-state index in [1.165, 1.54) is 6.07 Å². The molecule has 1 saturated heterocycles. The second-order valence-electron chi connectivity index (χ2n) is 16.5. The number of methoxy groups -OCH3 is 1. The van der Waals surface area contributed by atoms with Gasteiger partial charge in [-0.3, -0.25) is 0 Å². The highest BCUT2D eigenvalue weighted by molar-refractivity contribution is 6.74. The van der Waals surface area contributed by atoms with Gasteiger partial charge in [-0.05, 0) is 83.1 Å². The Morgan fingerprint density at radius 3 is 1.90 bits per heavy atom. The second kappa shape index (κ2) is 20.1. The van der Waals surface area contributed by atoms with Crippen LogP contribution in [0.3, 0.4) is 0 Å². The number of rotatable bonds is 18. The van der Waals surface area contributed by atoms with Crippen molar-refractivity contribution < 1.29 is 37.2 Å². The summed E-state index contributed by atoms with van der Waals surface area (Å²) in [6, 6.07) is 40.8. The van der Waals surface area contributed by atoms with E-state index in [0.29, 0.717) is 24.7 Å². The molecule has 0 radical (unpaired) electrons. The summed E-state index contributed by atoms with van der Waals surface area (Å²) >= 11 is 6.91. The predicted octanol–water partition coefficient (Wildman–Crippen LogP) is 11.7. The quantitative estimate of drug-likeness (QED) is 0.0643. The molecule has 0 aromatic heterocycles. The Bertz CT molecular complexity index is 2060. The number of hydrogen-bond donors (Lipinski definition) is 0. The summed E-state index contributed by atoms with van der Waals surface area (Å²) in [6.07, 6.45) is -2.63. The molecule has 0 N–H and O–H groups in total. The lowest BCUT2D eigenvalue weighted by molar-refractivity contribution is -0.393. The highest BCUT2D eigenvalue weighted by Gasteiger charge is 2.60. The maximum atomic E-state index is 15.1. The van der Waals surface area contributed by atoms with E-state index in [0.717, 1.165) is 33.4 Å². The van der Waals surface area contributed by atoms with E-state index in [9.17, 15) is 0 Å². The summed E-state index contributed by atoms with van der Waals surface area (Å²) in [6.45, 7) is 14.3. The van der Waals surface area contributed by atoms with Crippen LogP contribution in [0.1, 0.15) is 67.2 Å². The monoisotopic (exact) mass is 840 g/mol. The third kappa shape index (κ3) is 11.1. The molecule has 1 fully saturated rings. The van der Waals surface area contributed by atoms with Crippen LogP contribution in [0.2, 0.25) is 23.2 Å². The Kier molecular flexibility index (Phi) is 15.2. The van der Waals surface area contributed by atoms with Crippen molar-refractivity contribution in [3.8, 4) is 5.75 Å². The van der Waals surface area contributed by atoms with Gasteiger partial charge in [0.25, 0.3) is 0 Å². The topological polar surface area (TPSA) is 64.6 Å². The van der Waals surface area contributed by atoms with Crippen LogP contribution in [0.25, 0.3) is 0 Å². The maximum Gasteiger partial charge on any atom is 0.229 e. The molecule has 5 aromatic carbocycles. The fraction of sp³-hybridized carbons (Fsp3) is 0.388. The van der Waals surface area contributed by atoms with Crippen molar-refractivity contribution in [1.29, 1.82) is 0 Å². The Hall–Kier alpha value is -3.90. The van der Waals surface area contributed by atoms with Gasteiger partial charge in [0, 0.05) is 12.1 Å². The molecule has 0 bridgehead atoms. The first-order valence-corrected chi connectivity index (χ1v) is 23.6. The SMILES string of the molecule is CCOc1ccc(Cc2cc(C3OC(CO[Si](C)(C)C(C)(C)C)C(OCc4ccccc4)C(OCc4ccccc4)C3(OC)OCc3ccccc3)ccc2Cl)cc1F. The first kappa shape index (κ1) is 44.6. The smallest absolute Gasteiger partial charge is 0.229 e. The molecule has 314 valence electrons. The van der Waals surface area contributed by atoms with Crippen molar-refractivity contribution in [3.05, 3.63) is 172 Å². The number of hydrogen-bond acceptors (Lipinski definition) is 7. The van der Waals surface area contributed by atoms with Crippen molar-refractivity contribution in [3.63, 3.8) is 0 Å². The third-order valence-corrected chi connectivity index (χ3v) is 16.3. The third-order valence-electron chi connectivity index (χ3n) is 11.4. The second-order valence-corrected chi connectivity index (χ2v) is 21.7.